The first-order valence-corrected chi connectivity index (χ1v) is 12.8. The summed E-state index contributed by atoms with van der Waals surface area (Å²) in [4.78, 5) is 22.6. The second kappa shape index (κ2) is 9.87. The molecule has 3 heterocycles. The van der Waals surface area contributed by atoms with Gasteiger partial charge in [-0.25, -0.2) is 9.50 Å². The Kier molecular flexibility index (Phi) is 6.74. The third kappa shape index (κ3) is 4.69. The number of nitrogens with zero attached hydrogens (tertiary/aromatic N) is 5. The van der Waals surface area contributed by atoms with E-state index in [1.807, 2.05) is 10.7 Å². The molecule has 7 heteroatoms. The van der Waals surface area contributed by atoms with E-state index < -0.39 is 0 Å². The lowest BCUT2D eigenvalue weighted by Gasteiger charge is -2.40. The molecule has 2 aliphatic carbocycles. The average molecular weight is 439 g/mol. The average Bonchev–Trinajstić information content (AvgIpc) is 3.27. The van der Waals surface area contributed by atoms with E-state index in [1.54, 1.807) is 6.20 Å². The largest absolute Gasteiger partial charge is 0.352 e. The van der Waals surface area contributed by atoms with Gasteiger partial charge in [0.1, 0.15) is 5.56 Å². The third-order valence-electron chi connectivity index (χ3n) is 7.83. The zero-order chi connectivity index (χ0) is 21.9. The Hall–Kier alpha value is -1.99. The molecular formula is C25H38N6O. The zero-order valence-corrected chi connectivity index (χ0v) is 19.6. The second-order valence-electron chi connectivity index (χ2n) is 10.2. The first-order valence-electron chi connectivity index (χ1n) is 12.8. The smallest absolute Gasteiger partial charge is 0.256 e. The molecule has 3 aliphatic rings. The van der Waals surface area contributed by atoms with E-state index in [9.17, 15) is 4.79 Å². The summed E-state index contributed by atoms with van der Waals surface area (Å²) in [6.07, 6.45) is 14.9. The van der Waals surface area contributed by atoms with Crippen molar-refractivity contribution >= 4 is 11.6 Å². The molecule has 32 heavy (non-hydrogen) atoms. The molecule has 1 unspecified atom stereocenters. The minimum atomic E-state index is -0.0567. The van der Waals surface area contributed by atoms with Crippen LogP contribution >= 0.6 is 0 Å². The van der Waals surface area contributed by atoms with Crippen molar-refractivity contribution in [3.63, 3.8) is 0 Å². The summed E-state index contributed by atoms with van der Waals surface area (Å²) in [7, 11) is 0. The van der Waals surface area contributed by atoms with Crippen molar-refractivity contribution in [3.8, 4) is 0 Å². The lowest BCUT2D eigenvalue weighted by Crippen LogP contribution is -2.51. The normalized spacial score (nSPS) is 23.3. The molecule has 2 fully saturated rings. The number of nitrogens with one attached hydrogen (secondary N) is 1. The van der Waals surface area contributed by atoms with E-state index in [-0.39, 0.29) is 5.91 Å². The van der Waals surface area contributed by atoms with Crippen LogP contribution in [-0.2, 0) is 12.8 Å². The molecule has 0 spiro atoms. The van der Waals surface area contributed by atoms with E-state index in [0.29, 0.717) is 23.7 Å². The van der Waals surface area contributed by atoms with Crippen molar-refractivity contribution in [1.82, 2.24) is 29.7 Å². The highest BCUT2D eigenvalue weighted by atomic mass is 16.1. The Bertz CT molecular complexity index is 926. The fraction of sp³-hybridized carbons (Fsp3) is 0.720. The topological polar surface area (TPSA) is 65.8 Å². The van der Waals surface area contributed by atoms with E-state index in [4.69, 9.17) is 0 Å². The summed E-state index contributed by atoms with van der Waals surface area (Å²) in [5.41, 5.74) is 3.77. The van der Waals surface area contributed by atoms with Crippen molar-refractivity contribution in [2.24, 2.45) is 5.92 Å². The minimum Gasteiger partial charge on any atom is -0.352 e. The predicted octanol–water partition coefficient (Wildman–Crippen LogP) is 2.92. The summed E-state index contributed by atoms with van der Waals surface area (Å²) in [6.45, 7) is 8.76. The molecule has 0 aromatic carbocycles. The lowest BCUT2D eigenvalue weighted by atomic mass is 9.89. The van der Waals surface area contributed by atoms with Gasteiger partial charge >= 0.3 is 0 Å². The molecule has 1 amide bonds. The predicted molar refractivity (Wildman–Crippen MR) is 126 cm³/mol. The van der Waals surface area contributed by atoms with Crippen LogP contribution < -0.4 is 5.32 Å². The van der Waals surface area contributed by atoms with Gasteiger partial charge in [0, 0.05) is 50.7 Å². The van der Waals surface area contributed by atoms with Gasteiger partial charge in [0.05, 0.1) is 6.20 Å². The minimum absolute atomic E-state index is 0.0567. The summed E-state index contributed by atoms with van der Waals surface area (Å²) < 4.78 is 1.89. The first-order chi connectivity index (χ1) is 15.7. The van der Waals surface area contributed by atoms with Crippen molar-refractivity contribution < 1.29 is 4.79 Å². The standard InChI is InChI=1S/C25H38N6O/c1-19-8-9-23-20(16-19)17-27-24-22(18-28-31(23)24)25(32)26-10-5-11-29-12-14-30(15-13-29)21-6-3-2-4-7-21/h17-19,21H,2-16H2,1H3,(H,26,32). The highest BCUT2D eigenvalue weighted by Gasteiger charge is 2.25. The van der Waals surface area contributed by atoms with Gasteiger partial charge in [0.15, 0.2) is 5.65 Å². The van der Waals surface area contributed by atoms with E-state index in [1.165, 1.54) is 62.9 Å². The van der Waals surface area contributed by atoms with Gasteiger partial charge in [-0.1, -0.05) is 26.2 Å². The van der Waals surface area contributed by atoms with Crippen LogP contribution in [0.4, 0.5) is 0 Å². The Labute approximate surface area is 191 Å². The maximum Gasteiger partial charge on any atom is 0.256 e. The van der Waals surface area contributed by atoms with Crippen LogP contribution in [0, 0.1) is 5.92 Å². The SMILES string of the molecule is CC1CCc2c(cnc3c(C(=O)NCCCN4CCN(C5CCCCC5)CC4)cnn23)C1. The molecule has 1 atom stereocenters. The maximum atomic E-state index is 12.8. The van der Waals surface area contributed by atoms with Crippen molar-refractivity contribution in [3.05, 3.63) is 29.2 Å². The number of hydrogen-bond acceptors (Lipinski definition) is 5. The number of fused-ring (bicyclic) bond motifs is 3. The summed E-state index contributed by atoms with van der Waals surface area (Å²) in [5, 5.41) is 7.60. The zero-order valence-electron chi connectivity index (χ0n) is 19.6. The highest BCUT2D eigenvalue weighted by Crippen LogP contribution is 2.26. The molecule has 174 valence electrons. The van der Waals surface area contributed by atoms with Crippen LogP contribution in [0.15, 0.2) is 12.4 Å². The summed E-state index contributed by atoms with van der Waals surface area (Å²) >= 11 is 0. The molecule has 1 aliphatic heterocycles. The summed E-state index contributed by atoms with van der Waals surface area (Å²) in [6, 6.07) is 0.832. The van der Waals surface area contributed by atoms with Gasteiger partial charge < -0.3 is 10.2 Å². The number of hydrogen-bond donors (Lipinski definition) is 1. The van der Waals surface area contributed by atoms with Gasteiger partial charge in [-0.2, -0.15) is 5.10 Å². The monoisotopic (exact) mass is 438 g/mol. The fourth-order valence-electron chi connectivity index (χ4n) is 5.87. The number of aromatic nitrogens is 3. The quantitative estimate of drug-likeness (QED) is 0.703. The molecule has 1 N–H and O–H groups in total. The van der Waals surface area contributed by atoms with Crippen LogP contribution in [0.5, 0.6) is 0 Å². The van der Waals surface area contributed by atoms with Crippen LogP contribution in [0.2, 0.25) is 0 Å². The molecule has 1 saturated heterocycles. The first kappa shape index (κ1) is 21.8. The van der Waals surface area contributed by atoms with E-state index in [2.05, 4.69) is 32.1 Å². The molecule has 2 aromatic rings. The molecular weight excluding hydrogens is 400 g/mol. The summed E-state index contributed by atoms with van der Waals surface area (Å²) in [5.74, 6) is 0.633. The molecule has 0 bridgehead atoms. The lowest BCUT2D eigenvalue weighted by molar-refractivity contribution is 0.0779. The molecule has 7 nitrogen and oxygen atoms in total. The fourth-order valence-corrected chi connectivity index (χ4v) is 5.87. The molecule has 1 saturated carbocycles. The van der Waals surface area contributed by atoms with Crippen molar-refractivity contribution in [2.75, 3.05) is 39.3 Å². The third-order valence-corrected chi connectivity index (χ3v) is 7.83. The number of aryl methyl sites for hydroxylation is 1. The number of piperazine rings is 1. The molecule has 2 aromatic heterocycles. The Balaban J connectivity index is 1.08. The van der Waals surface area contributed by atoms with Gasteiger partial charge in [0.2, 0.25) is 0 Å². The maximum absolute atomic E-state index is 12.8. The number of carbonyl (C=O) groups is 1. The van der Waals surface area contributed by atoms with Gasteiger partial charge in [0.25, 0.3) is 5.91 Å². The highest BCUT2D eigenvalue weighted by molar-refractivity contribution is 5.99. The van der Waals surface area contributed by atoms with Crippen LogP contribution in [0.25, 0.3) is 5.65 Å². The van der Waals surface area contributed by atoms with Gasteiger partial charge in [-0.3, -0.25) is 9.69 Å². The van der Waals surface area contributed by atoms with Crippen molar-refractivity contribution in [2.45, 2.75) is 70.8 Å². The Morgan fingerprint density at radius 3 is 2.72 bits per heavy atom. The number of carbonyl (C=O) groups excluding carboxylic acids is 1. The van der Waals surface area contributed by atoms with Gasteiger partial charge in [-0.15, -0.1) is 0 Å². The van der Waals surface area contributed by atoms with E-state index in [0.717, 1.165) is 44.9 Å². The van der Waals surface area contributed by atoms with E-state index >= 15 is 0 Å². The number of amides is 1. The van der Waals surface area contributed by atoms with Crippen LogP contribution in [0.3, 0.4) is 0 Å². The molecule has 0 radical (unpaired) electrons. The van der Waals surface area contributed by atoms with Crippen LogP contribution in [0.1, 0.15) is 73.5 Å². The van der Waals surface area contributed by atoms with Gasteiger partial charge in [-0.05, 0) is 56.6 Å². The number of rotatable bonds is 6. The Morgan fingerprint density at radius 1 is 1.09 bits per heavy atom. The van der Waals surface area contributed by atoms with Crippen LogP contribution in [-0.4, -0.2) is 75.6 Å². The van der Waals surface area contributed by atoms with Crippen molar-refractivity contribution in [1.29, 1.82) is 0 Å². The second-order valence-corrected chi connectivity index (χ2v) is 10.2. The Morgan fingerprint density at radius 2 is 1.91 bits per heavy atom. The molecule has 5 rings (SSSR count).